The molecule has 0 radical (unpaired) electrons. The zero-order valence-corrected chi connectivity index (χ0v) is 10.5. The molecule has 0 aromatic rings. The van der Waals surface area contributed by atoms with Crippen molar-refractivity contribution in [1.29, 1.82) is 5.26 Å². The van der Waals surface area contributed by atoms with E-state index >= 15 is 0 Å². The van der Waals surface area contributed by atoms with Gasteiger partial charge in [-0.05, 0) is 0 Å². The van der Waals surface area contributed by atoms with E-state index in [9.17, 15) is 39.4 Å². The fraction of sp³-hybridized carbons (Fsp3) is 0.750. The van der Waals surface area contributed by atoms with E-state index in [4.69, 9.17) is 5.26 Å². The fourth-order valence-electron chi connectivity index (χ4n) is 0.498. The van der Waals surface area contributed by atoms with Crippen LogP contribution < -0.4 is 51.4 Å². The second-order valence-corrected chi connectivity index (χ2v) is 2.49. The monoisotopic (exact) mass is 283 g/mol. The number of alkyl halides is 7. The number of nitriles is 1. The van der Waals surface area contributed by atoms with E-state index in [0.717, 1.165) is 0 Å². The molecule has 0 heterocycles. The van der Waals surface area contributed by atoms with E-state index in [2.05, 4.69) is 0 Å². The third-order valence-electron chi connectivity index (χ3n) is 1.39. The van der Waals surface area contributed by atoms with Gasteiger partial charge in [-0.15, -0.1) is 0 Å². The molecule has 0 N–H and O–H groups in total. The van der Waals surface area contributed by atoms with E-state index in [1.807, 2.05) is 0 Å². The van der Waals surface area contributed by atoms with Crippen molar-refractivity contribution in [2.24, 2.45) is 0 Å². The molecule has 0 aliphatic rings. The summed E-state index contributed by atoms with van der Waals surface area (Å²) in [6, 6.07) is 0. The Morgan fingerprint density at radius 3 is 1.38 bits per heavy atom. The molecule has 0 bridgehead atoms. The van der Waals surface area contributed by atoms with Gasteiger partial charge in [-0.3, -0.25) is 0 Å². The Bertz CT molecular complexity index is 291. The van der Waals surface area contributed by atoms with Gasteiger partial charge in [0, 0.05) is 0 Å². The molecule has 0 rings (SSSR count). The quantitative estimate of drug-likeness (QED) is 0.509. The molecule has 0 unspecified atom stereocenters. The van der Waals surface area contributed by atoms with Gasteiger partial charge >= 0.3 is 70.2 Å². The molecule has 0 atom stereocenters. The number of hydrogen-bond donors (Lipinski definition) is 0. The smallest absolute Gasteiger partial charge is 0.461 e. The minimum absolute atomic E-state index is 0. The molecule has 88 valence electrons. The Hall–Kier alpha value is 0.561. The predicted molar refractivity (Wildman–Crippen MR) is 29.5 cm³/mol. The summed E-state index contributed by atoms with van der Waals surface area (Å²) in [6.45, 7) is -6.81. The summed E-state index contributed by atoms with van der Waals surface area (Å²) in [5.74, 6) is -14.3. The van der Waals surface area contributed by atoms with E-state index in [0.29, 0.717) is 0 Å². The number of rotatable bonds is 2. The number of hydrogen-bond acceptors (Lipinski definition) is 1. The van der Waals surface area contributed by atoms with Crippen molar-refractivity contribution < 1.29 is 90.7 Å². The van der Waals surface area contributed by atoms with Crippen molar-refractivity contribution in [2.45, 2.75) is 17.9 Å². The van der Waals surface area contributed by atoms with Gasteiger partial charge in [0.25, 0.3) is 5.82 Å². The molecule has 0 spiro atoms. The Morgan fingerprint density at radius 2 is 1.19 bits per heavy atom. The van der Waals surface area contributed by atoms with Crippen LogP contribution in [0.15, 0.2) is 0 Å². The summed E-state index contributed by atoms with van der Waals surface area (Å²) >= 11 is 0. The molecule has 12 heteroatoms. The average Bonchev–Trinajstić information content (AvgIpc) is 2.01. The van der Waals surface area contributed by atoms with Gasteiger partial charge in [0.2, 0.25) is 0 Å². The Balaban J connectivity index is 0. The molecule has 0 saturated carbocycles. The molecular weight excluding hydrogens is 283 g/mol. The molecule has 0 aromatic heterocycles. The van der Waals surface area contributed by atoms with Crippen LogP contribution in [0.2, 0.25) is 0 Å². The largest absolute Gasteiger partial charge is 1.00 e. The normalized spacial score (nSPS) is 14.0. The maximum atomic E-state index is 12.1. The Morgan fingerprint density at radius 1 is 0.875 bits per heavy atom. The first-order valence-electron chi connectivity index (χ1n) is 3.06. The van der Waals surface area contributed by atoms with Crippen LogP contribution in [-0.2, 0) is 0 Å². The van der Waals surface area contributed by atoms with Gasteiger partial charge < -0.3 is 8.63 Å². The first-order valence-corrected chi connectivity index (χ1v) is 3.06. The summed E-state index contributed by atoms with van der Waals surface area (Å²) in [5, 5.41) is 7.41. The van der Waals surface area contributed by atoms with Crippen LogP contribution in [0.5, 0.6) is 0 Å². The first kappa shape index (κ1) is 18.9. The Labute approximate surface area is 125 Å². The minimum Gasteiger partial charge on any atom is -0.461 e. The molecule has 0 amide bonds. The molecule has 0 aromatic carbocycles. The van der Waals surface area contributed by atoms with Crippen molar-refractivity contribution in [3.63, 3.8) is 0 Å². The van der Waals surface area contributed by atoms with Gasteiger partial charge in [-0.2, -0.15) is 22.0 Å². The summed E-state index contributed by atoms with van der Waals surface area (Å²) in [6.07, 6.45) is -6.86. The van der Waals surface area contributed by atoms with Crippen LogP contribution in [0.4, 0.5) is 39.4 Å². The number of nitrogens with zero attached hydrogens (tertiary/aromatic N) is 1. The molecule has 0 fully saturated rings. The third-order valence-corrected chi connectivity index (χ3v) is 1.39. The van der Waals surface area contributed by atoms with Crippen LogP contribution in [-0.4, -0.2) is 24.6 Å². The van der Waals surface area contributed by atoms with Gasteiger partial charge in [0.15, 0.2) is 0 Å². The Kier molecular flexibility index (Phi) is 5.97. The van der Waals surface area contributed by atoms with Crippen LogP contribution in [0, 0.1) is 11.2 Å². The van der Waals surface area contributed by atoms with Crippen molar-refractivity contribution in [1.82, 2.24) is 0 Å². The summed E-state index contributed by atoms with van der Waals surface area (Å²) in [7, 11) is 0. The second-order valence-electron chi connectivity index (χ2n) is 2.49. The summed E-state index contributed by atoms with van der Waals surface area (Å²) < 4.78 is 106. The van der Waals surface area contributed by atoms with Gasteiger partial charge in [-0.25, -0.2) is 14.0 Å². The average molecular weight is 283 g/mol. The van der Waals surface area contributed by atoms with E-state index in [1.165, 1.54) is 0 Å². The number of halogens is 9. The van der Waals surface area contributed by atoms with Crippen molar-refractivity contribution in [2.75, 3.05) is 0 Å². The zero-order chi connectivity index (χ0) is 12.7. The maximum Gasteiger partial charge on any atom is 1.00 e. The molecule has 0 aliphatic heterocycles. The minimum atomic E-state index is -6.96. The molecule has 16 heavy (non-hydrogen) atoms. The van der Waals surface area contributed by atoms with Crippen molar-refractivity contribution >= 4 is 6.70 Å². The van der Waals surface area contributed by atoms with Crippen molar-refractivity contribution in [3.8, 4) is 5.97 Å². The summed E-state index contributed by atoms with van der Waals surface area (Å²) in [4.78, 5) is 0. The molecule has 1 nitrogen and oxygen atoms in total. The van der Waals surface area contributed by atoms with Crippen LogP contribution in [0.3, 0.4) is 0 Å². The van der Waals surface area contributed by atoms with Crippen molar-refractivity contribution in [3.05, 3.63) is 0 Å². The summed E-state index contributed by atoms with van der Waals surface area (Å²) in [5.41, 5.74) is 0. The van der Waals surface area contributed by atoms with Gasteiger partial charge in [0.1, 0.15) is 0 Å². The molecule has 0 aliphatic carbocycles. The zero-order valence-electron chi connectivity index (χ0n) is 7.43. The van der Waals surface area contributed by atoms with Crippen LogP contribution in [0.1, 0.15) is 0 Å². The van der Waals surface area contributed by atoms with E-state index in [1.54, 1.807) is 0 Å². The topological polar surface area (TPSA) is 23.8 Å². The van der Waals surface area contributed by atoms with Gasteiger partial charge in [0.05, 0.1) is 0 Å². The first-order chi connectivity index (χ1) is 6.31. The fourth-order valence-corrected chi connectivity index (χ4v) is 0.498. The maximum absolute atomic E-state index is 12.1. The molecular formula is C4BF9KN. The standard InChI is InChI=1S/C4BF9N.K/c6-2(7,4(10,11)12)3(8,9)5(13,14)1-15;/q-1;+1. The third kappa shape index (κ3) is 2.87. The van der Waals surface area contributed by atoms with E-state index < -0.39 is 30.6 Å². The van der Waals surface area contributed by atoms with Gasteiger partial charge in [-0.1, -0.05) is 5.97 Å². The second kappa shape index (κ2) is 5.05. The van der Waals surface area contributed by atoms with E-state index in [-0.39, 0.29) is 51.4 Å². The predicted octanol–water partition coefficient (Wildman–Crippen LogP) is -0.194. The van der Waals surface area contributed by atoms with Crippen LogP contribution in [0.25, 0.3) is 0 Å². The SMILES string of the molecule is N#C[B-](F)(F)C(F)(F)C(F)(F)C(F)(F)F.[K+]. The van der Waals surface area contributed by atoms with Crippen LogP contribution >= 0.6 is 0 Å². The molecule has 0 saturated heterocycles.